The van der Waals surface area contributed by atoms with Crippen molar-refractivity contribution in [1.82, 2.24) is 4.90 Å². The van der Waals surface area contributed by atoms with E-state index in [2.05, 4.69) is 4.90 Å². The van der Waals surface area contributed by atoms with Gasteiger partial charge in [-0.3, -0.25) is 4.90 Å². The first kappa shape index (κ1) is 16.1. The van der Waals surface area contributed by atoms with Crippen molar-refractivity contribution in [3.63, 3.8) is 0 Å². The number of β-amino-alcohol motifs (C(OH)–C–C–N with tert-alkyl or cyclic N) is 1. The van der Waals surface area contributed by atoms with E-state index >= 15 is 0 Å². The zero-order valence-corrected chi connectivity index (χ0v) is 12.4. The Balaban J connectivity index is 1.73. The van der Waals surface area contributed by atoms with Crippen molar-refractivity contribution in [2.45, 2.75) is 37.8 Å². The maximum Gasteiger partial charge on any atom is 0.119 e. The number of rotatable bonds is 8. The van der Waals surface area contributed by atoms with Gasteiger partial charge in [-0.2, -0.15) is 0 Å². The molecule has 1 aliphatic heterocycles. The Bertz CT molecular complexity index is 410. The highest BCUT2D eigenvalue weighted by atomic mass is 16.5. The SMILES string of the molecule is Nc1ccc(OCC(O)CN2CCCC2CCCO)cc1. The molecule has 0 aromatic heterocycles. The van der Waals surface area contributed by atoms with Crippen LogP contribution in [0.5, 0.6) is 5.75 Å². The number of benzene rings is 1. The summed E-state index contributed by atoms with van der Waals surface area (Å²) in [6, 6.07) is 7.67. The van der Waals surface area contributed by atoms with E-state index in [4.69, 9.17) is 15.6 Å². The molecule has 0 spiro atoms. The predicted octanol–water partition coefficient (Wildman–Crippen LogP) is 1.25. The first-order chi connectivity index (χ1) is 10.2. The molecule has 0 saturated carbocycles. The van der Waals surface area contributed by atoms with Crippen LogP contribution in [0.4, 0.5) is 5.69 Å². The summed E-state index contributed by atoms with van der Waals surface area (Å²) in [5.41, 5.74) is 6.32. The highest BCUT2D eigenvalue weighted by Gasteiger charge is 2.25. The Kier molecular flexibility index (Phi) is 6.29. The van der Waals surface area contributed by atoms with Crippen LogP contribution in [0.2, 0.25) is 0 Å². The van der Waals surface area contributed by atoms with Crippen molar-refractivity contribution < 1.29 is 14.9 Å². The molecule has 0 amide bonds. The number of ether oxygens (including phenoxy) is 1. The molecule has 1 aromatic carbocycles. The number of nitrogen functional groups attached to an aromatic ring is 1. The molecule has 0 bridgehead atoms. The van der Waals surface area contributed by atoms with E-state index in [0.29, 0.717) is 18.3 Å². The molecule has 1 aromatic rings. The molecule has 5 nitrogen and oxygen atoms in total. The van der Waals surface area contributed by atoms with Gasteiger partial charge in [-0.05, 0) is 56.5 Å². The monoisotopic (exact) mass is 294 g/mol. The van der Waals surface area contributed by atoms with Gasteiger partial charge in [0.2, 0.25) is 0 Å². The topological polar surface area (TPSA) is 79.0 Å². The van der Waals surface area contributed by atoms with Crippen molar-refractivity contribution >= 4 is 5.69 Å². The third-order valence-corrected chi connectivity index (χ3v) is 3.96. The molecule has 4 N–H and O–H groups in total. The van der Waals surface area contributed by atoms with Gasteiger partial charge in [-0.15, -0.1) is 0 Å². The quantitative estimate of drug-likeness (QED) is 0.629. The third-order valence-electron chi connectivity index (χ3n) is 3.96. The summed E-state index contributed by atoms with van der Waals surface area (Å²) in [7, 11) is 0. The van der Waals surface area contributed by atoms with Crippen molar-refractivity contribution in [1.29, 1.82) is 0 Å². The highest BCUT2D eigenvalue weighted by molar-refractivity contribution is 5.41. The van der Waals surface area contributed by atoms with Crippen LogP contribution in [0.3, 0.4) is 0 Å². The molecule has 2 atom stereocenters. The minimum absolute atomic E-state index is 0.243. The average molecular weight is 294 g/mol. The smallest absolute Gasteiger partial charge is 0.119 e. The summed E-state index contributed by atoms with van der Waals surface area (Å²) >= 11 is 0. The van der Waals surface area contributed by atoms with E-state index in [1.807, 2.05) is 12.1 Å². The lowest BCUT2D eigenvalue weighted by Gasteiger charge is -2.26. The van der Waals surface area contributed by atoms with Crippen molar-refractivity contribution in [3.8, 4) is 5.75 Å². The van der Waals surface area contributed by atoms with Crippen molar-refractivity contribution in [2.24, 2.45) is 0 Å². The van der Waals surface area contributed by atoms with Crippen LogP contribution >= 0.6 is 0 Å². The minimum atomic E-state index is -0.503. The molecule has 2 rings (SSSR count). The standard InChI is InChI=1S/C16H26N2O3/c17-13-5-7-16(8-6-13)21-12-15(20)11-18-9-1-3-14(18)4-2-10-19/h5-8,14-15,19-20H,1-4,9-12,17H2. The molecule has 0 radical (unpaired) electrons. The summed E-state index contributed by atoms with van der Waals surface area (Å²) in [6.07, 6.45) is 3.66. The first-order valence-corrected chi connectivity index (χ1v) is 7.70. The summed E-state index contributed by atoms with van der Waals surface area (Å²) in [6.45, 7) is 2.18. The number of aliphatic hydroxyl groups excluding tert-OH is 2. The van der Waals surface area contributed by atoms with E-state index in [1.165, 1.54) is 6.42 Å². The Labute approximate surface area is 126 Å². The lowest BCUT2D eigenvalue weighted by Crippen LogP contribution is -2.38. The van der Waals surface area contributed by atoms with Gasteiger partial charge in [-0.25, -0.2) is 0 Å². The second-order valence-electron chi connectivity index (χ2n) is 5.69. The first-order valence-electron chi connectivity index (χ1n) is 7.70. The maximum atomic E-state index is 10.1. The molecule has 118 valence electrons. The number of hydrogen-bond donors (Lipinski definition) is 3. The summed E-state index contributed by atoms with van der Waals surface area (Å²) in [4.78, 5) is 2.31. The van der Waals surface area contributed by atoms with E-state index in [-0.39, 0.29) is 13.2 Å². The predicted molar refractivity (Wildman–Crippen MR) is 83.3 cm³/mol. The zero-order chi connectivity index (χ0) is 15.1. The van der Waals surface area contributed by atoms with Crippen molar-refractivity contribution in [3.05, 3.63) is 24.3 Å². The molecule has 1 fully saturated rings. The van der Waals surface area contributed by atoms with Gasteiger partial charge in [0.15, 0.2) is 0 Å². The molecule has 5 heteroatoms. The van der Waals surface area contributed by atoms with Crippen LogP contribution < -0.4 is 10.5 Å². The fourth-order valence-electron chi connectivity index (χ4n) is 2.87. The largest absolute Gasteiger partial charge is 0.491 e. The molecular formula is C16H26N2O3. The zero-order valence-electron chi connectivity index (χ0n) is 12.4. The normalized spacial score (nSPS) is 20.6. The van der Waals surface area contributed by atoms with Gasteiger partial charge in [-0.1, -0.05) is 0 Å². The summed E-state index contributed by atoms with van der Waals surface area (Å²) < 4.78 is 5.58. The van der Waals surface area contributed by atoms with Crippen LogP contribution in [-0.4, -0.2) is 53.6 Å². The second-order valence-corrected chi connectivity index (χ2v) is 5.69. The number of anilines is 1. The highest BCUT2D eigenvalue weighted by Crippen LogP contribution is 2.21. The lowest BCUT2D eigenvalue weighted by atomic mass is 10.1. The molecule has 1 saturated heterocycles. The molecule has 0 aliphatic carbocycles. The number of nitrogens with zero attached hydrogens (tertiary/aromatic N) is 1. The van der Waals surface area contributed by atoms with E-state index in [1.54, 1.807) is 12.1 Å². The van der Waals surface area contributed by atoms with Gasteiger partial charge < -0.3 is 20.7 Å². The van der Waals surface area contributed by atoms with Gasteiger partial charge in [0.1, 0.15) is 18.5 Å². The van der Waals surface area contributed by atoms with E-state index < -0.39 is 6.10 Å². The van der Waals surface area contributed by atoms with E-state index in [9.17, 15) is 5.11 Å². The molecular weight excluding hydrogens is 268 g/mol. The Morgan fingerprint density at radius 1 is 1.33 bits per heavy atom. The van der Waals surface area contributed by atoms with Crippen LogP contribution in [-0.2, 0) is 0 Å². The Morgan fingerprint density at radius 2 is 2.10 bits per heavy atom. The number of nitrogens with two attached hydrogens (primary N) is 1. The summed E-state index contributed by atoms with van der Waals surface area (Å²) in [5.74, 6) is 0.724. The van der Waals surface area contributed by atoms with Gasteiger partial charge in [0.05, 0.1) is 0 Å². The molecule has 1 heterocycles. The average Bonchev–Trinajstić information content (AvgIpc) is 2.91. The summed E-state index contributed by atoms with van der Waals surface area (Å²) in [5, 5.41) is 19.1. The van der Waals surface area contributed by atoms with Gasteiger partial charge >= 0.3 is 0 Å². The molecule has 1 aliphatic rings. The minimum Gasteiger partial charge on any atom is -0.491 e. The van der Waals surface area contributed by atoms with Gasteiger partial charge in [0.25, 0.3) is 0 Å². The van der Waals surface area contributed by atoms with Gasteiger partial charge in [0, 0.05) is 24.9 Å². The fourth-order valence-corrected chi connectivity index (χ4v) is 2.87. The van der Waals surface area contributed by atoms with Crippen LogP contribution in [0.15, 0.2) is 24.3 Å². The van der Waals surface area contributed by atoms with E-state index in [0.717, 1.165) is 31.6 Å². The van der Waals surface area contributed by atoms with Crippen LogP contribution in [0, 0.1) is 0 Å². The number of aliphatic hydroxyl groups is 2. The van der Waals surface area contributed by atoms with Crippen LogP contribution in [0.1, 0.15) is 25.7 Å². The third kappa shape index (κ3) is 5.19. The maximum absolute atomic E-state index is 10.1. The lowest BCUT2D eigenvalue weighted by molar-refractivity contribution is 0.0617. The second kappa shape index (κ2) is 8.22. The Hall–Kier alpha value is -1.30. The fraction of sp³-hybridized carbons (Fsp3) is 0.625. The van der Waals surface area contributed by atoms with Crippen molar-refractivity contribution in [2.75, 3.05) is 32.0 Å². The molecule has 21 heavy (non-hydrogen) atoms. The van der Waals surface area contributed by atoms with Crippen LogP contribution in [0.25, 0.3) is 0 Å². The number of hydrogen-bond acceptors (Lipinski definition) is 5. The Morgan fingerprint density at radius 3 is 2.81 bits per heavy atom. The molecule has 2 unspecified atom stereocenters. The number of likely N-dealkylation sites (tertiary alicyclic amines) is 1.